The third kappa shape index (κ3) is 1.98. The van der Waals surface area contributed by atoms with Crippen LogP contribution in [0.25, 0.3) is 0 Å². The monoisotopic (exact) mass is 323 g/mol. The average Bonchev–Trinajstić information content (AvgIpc) is 2.83. The van der Waals surface area contributed by atoms with Gasteiger partial charge >= 0.3 is 6.03 Å². The van der Waals surface area contributed by atoms with Crippen molar-refractivity contribution in [2.45, 2.75) is 19.0 Å². The highest BCUT2D eigenvalue weighted by Crippen LogP contribution is 2.36. The first-order chi connectivity index (χ1) is 11.6. The number of urea groups is 1. The van der Waals surface area contributed by atoms with Gasteiger partial charge in [0.05, 0.1) is 4.92 Å². The van der Waals surface area contributed by atoms with Crippen molar-refractivity contribution >= 4 is 23.3 Å². The van der Waals surface area contributed by atoms with E-state index in [0.29, 0.717) is 13.0 Å². The van der Waals surface area contributed by atoms with Gasteiger partial charge in [-0.3, -0.25) is 14.9 Å². The lowest BCUT2D eigenvalue weighted by Gasteiger charge is -2.28. The molecule has 4 rings (SSSR count). The number of nitrogens with zero attached hydrogens (tertiary/aromatic N) is 3. The Morgan fingerprint density at radius 2 is 1.67 bits per heavy atom. The number of fused-ring (bicyclic) bond motifs is 2. The van der Waals surface area contributed by atoms with Crippen LogP contribution in [0, 0.1) is 10.1 Å². The molecule has 1 fully saturated rings. The Morgan fingerprint density at radius 1 is 1.00 bits per heavy atom. The molecule has 120 valence electrons. The minimum absolute atomic E-state index is 0.0240. The Morgan fingerprint density at radius 3 is 2.42 bits per heavy atom. The van der Waals surface area contributed by atoms with E-state index >= 15 is 0 Å². The molecule has 7 heteroatoms. The van der Waals surface area contributed by atoms with Crippen molar-refractivity contribution < 1.29 is 14.5 Å². The van der Waals surface area contributed by atoms with Crippen LogP contribution in [0.3, 0.4) is 0 Å². The van der Waals surface area contributed by atoms with Gasteiger partial charge in [0, 0.05) is 19.0 Å². The smallest absolute Gasteiger partial charge is 0.307 e. The van der Waals surface area contributed by atoms with Crippen LogP contribution < -0.4 is 4.90 Å². The van der Waals surface area contributed by atoms with Gasteiger partial charge in [0.1, 0.15) is 11.7 Å². The summed E-state index contributed by atoms with van der Waals surface area (Å²) < 4.78 is 0. The standard InChI is InChI=1S/C17H13N3O4/c21-16-15-9-11-5-1-2-6-12(11)10-18(15)17(22)19(16)13-7-3-4-8-14(13)20(23)24/h1-8,15H,9-10H2. The highest BCUT2D eigenvalue weighted by Gasteiger charge is 2.49. The number of para-hydroxylation sites is 2. The Kier molecular flexibility index (Phi) is 3.09. The maximum Gasteiger partial charge on any atom is 0.332 e. The number of rotatable bonds is 2. The van der Waals surface area contributed by atoms with Crippen molar-refractivity contribution in [3.63, 3.8) is 0 Å². The molecule has 2 aromatic rings. The SMILES string of the molecule is O=C1C2Cc3ccccc3CN2C(=O)N1c1ccccc1[N+](=O)[O-]. The van der Waals surface area contributed by atoms with Crippen LogP contribution in [0.4, 0.5) is 16.2 Å². The number of carbonyl (C=O) groups is 2. The number of anilines is 1. The number of hydrogen-bond acceptors (Lipinski definition) is 4. The molecule has 2 heterocycles. The number of benzene rings is 2. The maximum absolute atomic E-state index is 12.8. The molecule has 0 radical (unpaired) electrons. The molecule has 3 amide bonds. The van der Waals surface area contributed by atoms with E-state index in [1.807, 2.05) is 24.3 Å². The van der Waals surface area contributed by atoms with E-state index in [2.05, 4.69) is 0 Å². The van der Waals surface area contributed by atoms with E-state index < -0.39 is 22.9 Å². The van der Waals surface area contributed by atoms with Crippen molar-refractivity contribution in [3.8, 4) is 0 Å². The first-order valence-electron chi connectivity index (χ1n) is 7.52. The van der Waals surface area contributed by atoms with Crippen molar-refractivity contribution in [2.75, 3.05) is 4.90 Å². The molecule has 0 N–H and O–H groups in total. The molecule has 1 atom stereocenters. The fourth-order valence-electron chi connectivity index (χ4n) is 3.35. The molecule has 0 aromatic heterocycles. The second-order valence-electron chi connectivity index (χ2n) is 5.82. The predicted molar refractivity (Wildman–Crippen MR) is 85.5 cm³/mol. The van der Waals surface area contributed by atoms with E-state index in [1.54, 1.807) is 6.07 Å². The van der Waals surface area contributed by atoms with Gasteiger partial charge in [-0.25, -0.2) is 9.69 Å². The van der Waals surface area contributed by atoms with E-state index in [-0.39, 0.29) is 11.4 Å². The molecule has 0 spiro atoms. The molecule has 2 aliphatic heterocycles. The molecule has 1 saturated heterocycles. The van der Waals surface area contributed by atoms with Crippen LogP contribution >= 0.6 is 0 Å². The predicted octanol–water partition coefficient (Wildman–Crippen LogP) is 2.49. The van der Waals surface area contributed by atoms with Crippen LogP contribution in [0.15, 0.2) is 48.5 Å². The van der Waals surface area contributed by atoms with Gasteiger partial charge in [-0.1, -0.05) is 36.4 Å². The molecule has 0 aliphatic carbocycles. The molecular formula is C17H13N3O4. The fourth-order valence-corrected chi connectivity index (χ4v) is 3.35. The summed E-state index contributed by atoms with van der Waals surface area (Å²) in [4.78, 5) is 38.6. The van der Waals surface area contributed by atoms with Gasteiger partial charge < -0.3 is 4.90 Å². The van der Waals surface area contributed by atoms with Gasteiger partial charge in [-0.15, -0.1) is 0 Å². The van der Waals surface area contributed by atoms with Crippen LogP contribution in [0.2, 0.25) is 0 Å². The third-order valence-corrected chi connectivity index (χ3v) is 4.51. The van der Waals surface area contributed by atoms with Crippen molar-refractivity contribution in [1.82, 2.24) is 4.90 Å². The second-order valence-corrected chi connectivity index (χ2v) is 5.82. The lowest BCUT2D eigenvalue weighted by atomic mass is 9.95. The van der Waals surface area contributed by atoms with Crippen LogP contribution in [0.5, 0.6) is 0 Å². The number of amides is 3. The molecule has 24 heavy (non-hydrogen) atoms. The zero-order valence-corrected chi connectivity index (χ0v) is 12.6. The third-order valence-electron chi connectivity index (χ3n) is 4.51. The van der Waals surface area contributed by atoms with E-state index in [1.165, 1.54) is 23.1 Å². The largest absolute Gasteiger partial charge is 0.332 e. The quantitative estimate of drug-likeness (QED) is 0.483. The van der Waals surface area contributed by atoms with E-state index in [9.17, 15) is 19.7 Å². The Labute approximate surface area is 137 Å². The molecule has 7 nitrogen and oxygen atoms in total. The summed E-state index contributed by atoms with van der Waals surface area (Å²) in [5.74, 6) is -0.413. The lowest BCUT2D eigenvalue weighted by Crippen LogP contribution is -2.39. The van der Waals surface area contributed by atoms with E-state index in [4.69, 9.17) is 0 Å². The first-order valence-corrected chi connectivity index (χ1v) is 7.52. The number of hydrogen-bond donors (Lipinski definition) is 0. The molecule has 2 aromatic carbocycles. The van der Waals surface area contributed by atoms with Crippen molar-refractivity contribution in [2.24, 2.45) is 0 Å². The van der Waals surface area contributed by atoms with Crippen LogP contribution in [-0.4, -0.2) is 27.8 Å². The second kappa shape index (κ2) is 5.16. The van der Waals surface area contributed by atoms with Crippen LogP contribution in [0.1, 0.15) is 11.1 Å². The maximum atomic E-state index is 12.8. The van der Waals surface area contributed by atoms with Crippen molar-refractivity contribution in [3.05, 3.63) is 69.8 Å². The number of imide groups is 1. The van der Waals surface area contributed by atoms with Gasteiger partial charge in [-0.05, 0) is 17.2 Å². The lowest BCUT2D eigenvalue weighted by molar-refractivity contribution is -0.384. The number of nitro groups is 1. The summed E-state index contributed by atoms with van der Waals surface area (Å²) in [6.45, 7) is 0.336. The molecule has 0 bridgehead atoms. The number of nitro benzene ring substituents is 1. The average molecular weight is 323 g/mol. The highest BCUT2D eigenvalue weighted by molar-refractivity contribution is 6.22. The minimum Gasteiger partial charge on any atom is -0.307 e. The summed E-state index contributed by atoms with van der Waals surface area (Å²) in [7, 11) is 0. The number of carbonyl (C=O) groups excluding carboxylic acids is 2. The Balaban J connectivity index is 1.76. The Bertz CT molecular complexity index is 837. The van der Waals surface area contributed by atoms with Gasteiger partial charge in [0.25, 0.3) is 11.6 Å². The van der Waals surface area contributed by atoms with Crippen LogP contribution in [-0.2, 0) is 17.8 Å². The van der Waals surface area contributed by atoms with E-state index in [0.717, 1.165) is 16.0 Å². The zero-order valence-electron chi connectivity index (χ0n) is 12.6. The molecule has 2 aliphatic rings. The molecule has 0 saturated carbocycles. The fraction of sp³-hybridized carbons (Fsp3) is 0.176. The summed E-state index contributed by atoms with van der Waals surface area (Å²) in [6, 6.07) is 12.4. The van der Waals surface area contributed by atoms with Crippen molar-refractivity contribution in [1.29, 1.82) is 0 Å². The normalized spacial score (nSPS) is 19.2. The minimum atomic E-state index is -0.604. The van der Waals surface area contributed by atoms with Gasteiger partial charge in [-0.2, -0.15) is 0 Å². The topological polar surface area (TPSA) is 83.8 Å². The van der Waals surface area contributed by atoms with Gasteiger partial charge in [0.2, 0.25) is 0 Å². The first kappa shape index (κ1) is 14.4. The summed E-state index contributed by atoms with van der Waals surface area (Å²) >= 11 is 0. The Hall–Kier alpha value is -3.22. The summed E-state index contributed by atoms with van der Waals surface area (Å²) in [5.41, 5.74) is 1.80. The molecule has 1 unspecified atom stereocenters. The highest BCUT2D eigenvalue weighted by atomic mass is 16.6. The van der Waals surface area contributed by atoms with Gasteiger partial charge in [0.15, 0.2) is 0 Å². The molecular weight excluding hydrogens is 310 g/mol. The summed E-state index contributed by atoms with van der Waals surface area (Å²) in [6.07, 6.45) is 0.428. The summed E-state index contributed by atoms with van der Waals surface area (Å²) in [5, 5.41) is 11.2. The zero-order chi connectivity index (χ0) is 16.8.